The van der Waals surface area contributed by atoms with E-state index in [1.54, 1.807) is 7.11 Å². The number of rotatable bonds is 4. The Balaban J connectivity index is 1.65. The molecule has 5 heteroatoms. The number of aliphatic imine (C=N–C) groups is 1. The first-order valence-corrected chi connectivity index (χ1v) is 7.34. The van der Waals surface area contributed by atoms with Gasteiger partial charge in [0.1, 0.15) is 11.6 Å². The minimum absolute atomic E-state index is 0.181. The van der Waals surface area contributed by atoms with Gasteiger partial charge in [0, 0.05) is 6.42 Å². The predicted octanol–water partition coefficient (Wildman–Crippen LogP) is 1.86. The van der Waals surface area contributed by atoms with Gasteiger partial charge in [-0.1, -0.05) is 12.1 Å². The first-order valence-electron chi connectivity index (χ1n) is 7.34. The van der Waals surface area contributed by atoms with Gasteiger partial charge >= 0.3 is 5.97 Å². The number of carboxylic acids is 1. The maximum Gasteiger partial charge on any atom is 0.306 e. The van der Waals surface area contributed by atoms with Crippen LogP contribution in [0.15, 0.2) is 29.3 Å². The molecule has 0 aromatic heterocycles. The van der Waals surface area contributed by atoms with Crippen molar-refractivity contribution in [3.05, 3.63) is 29.8 Å². The number of nitrogens with zero attached hydrogens (tertiary/aromatic N) is 1. The van der Waals surface area contributed by atoms with Crippen LogP contribution < -0.4 is 10.1 Å². The van der Waals surface area contributed by atoms with Crippen molar-refractivity contribution in [3.8, 4) is 5.75 Å². The van der Waals surface area contributed by atoms with Crippen molar-refractivity contribution in [2.24, 2.45) is 10.9 Å². The molecule has 0 saturated heterocycles. The van der Waals surface area contributed by atoms with Crippen LogP contribution in [0.3, 0.4) is 0 Å². The van der Waals surface area contributed by atoms with E-state index in [2.05, 4.69) is 11.4 Å². The van der Waals surface area contributed by atoms with Gasteiger partial charge in [0.15, 0.2) is 0 Å². The first-order chi connectivity index (χ1) is 10.2. The van der Waals surface area contributed by atoms with Crippen LogP contribution in [0.1, 0.15) is 24.8 Å². The standard InChI is InChI=1S/C16H20N2O3/c1-21-12-4-2-3-10(7-12)8-15-17-13-6-5-11(16(19)20)9-14(13)18-15/h2-4,7,11,13-14H,5-6,8-9H2,1H3,(H,17,18)(H,19,20). The number of hydrogen-bond donors (Lipinski definition) is 2. The minimum Gasteiger partial charge on any atom is -0.497 e. The zero-order valence-electron chi connectivity index (χ0n) is 12.1. The fraction of sp³-hybridized carbons (Fsp3) is 0.500. The van der Waals surface area contributed by atoms with Crippen LogP contribution in [0.4, 0.5) is 0 Å². The van der Waals surface area contributed by atoms with Gasteiger partial charge in [-0.25, -0.2) is 0 Å². The van der Waals surface area contributed by atoms with E-state index in [-0.39, 0.29) is 18.0 Å². The van der Waals surface area contributed by atoms with Crippen molar-refractivity contribution in [1.29, 1.82) is 0 Å². The smallest absolute Gasteiger partial charge is 0.306 e. The van der Waals surface area contributed by atoms with Crippen LogP contribution in [0.5, 0.6) is 5.75 Å². The third-order valence-electron chi connectivity index (χ3n) is 4.34. The molecular weight excluding hydrogens is 268 g/mol. The molecule has 0 spiro atoms. The van der Waals surface area contributed by atoms with Gasteiger partial charge in [0.05, 0.1) is 25.1 Å². The van der Waals surface area contributed by atoms with E-state index in [0.717, 1.165) is 36.4 Å². The zero-order valence-corrected chi connectivity index (χ0v) is 12.1. The number of carboxylic acid groups (broad SMARTS) is 1. The molecule has 0 amide bonds. The molecule has 3 rings (SSSR count). The summed E-state index contributed by atoms with van der Waals surface area (Å²) in [6.45, 7) is 0. The van der Waals surface area contributed by atoms with Crippen molar-refractivity contribution in [2.75, 3.05) is 7.11 Å². The number of aliphatic carboxylic acids is 1. The van der Waals surface area contributed by atoms with Gasteiger partial charge in [-0.05, 0) is 37.0 Å². The van der Waals surface area contributed by atoms with E-state index in [1.165, 1.54) is 0 Å². The molecular formula is C16H20N2O3. The zero-order chi connectivity index (χ0) is 14.8. The lowest BCUT2D eigenvalue weighted by Crippen LogP contribution is -2.41. The fourth-order valence-corrected chi connectivity index (χ4v) is 3.21. The van der Waals surface area contributed by atoms with E-state index in [4.69, 9.17) is 14.8 Å². The third-order valence-corrected chi connectivity index (χ3v) is 4.34. The van der Waals surface area contributed by atoms with Crippen molar-refractivity contribution < 1.29 is 14.6 Å². The number of amidine groups is 1. The van der Waals surface area contributed by atoms with Crippen molar-refractivity contribution in [1.82, 2.24) is 5.32 Å². The van der Waals surface area contributed by atoms with Crippen LogP contribution in [-0.2, 0) is 11.2 Å². The Bertz CT molecular complexity index is 570. The van der Waals surface area contributed by atoms with Crippen molar-refractivity contribution in [3.63, 3.8) is 0 Å². The number of nitrogens with one attached hydrogen (secondary N) is 1. The number of fused-ring (bicyclic) bond motifs is 1. The monoisotopic (exact) mass is 288 g/mol. The fourth-order valence-electron chi connectivity index (χ4n) is 3.21. The van der Waals surface area contributed by atoms with Crippen LogP contribution in [-0.4, -0.2) is 36.1 Å². The number of methoxy groups -OCH3 is 1. The van der Waals surface area contributed by atoms with Gasteiger partial charge in [-0.15, -0.1) is 0 Å². The topological polar surface area (TPSA) is 70.9 Å². The summed E-state index contributed by atoms with van der Waals surface area (Å²) in [7, 11) is 1.66. The quantitative estimate of drug-likeness (QED) is 0.887. The summed E-state index contributed by atoms with van der Waals surface area (Å²) in [5.41, 5.74) is 1.15. The average Bonchev–Trinajstić information content (AvgIpc) is 2.88. The van der Waals surface area contributed by atoms with Gasteiger partial charge in [-0.3, -0.25) is 9.79 Å². The molecule has 2 aliphatic rings. The summed E-state index contributed by atoms with van der Waals surface area (Å²) in [6, 6.07) is 8.37. The number of ether oxygens (including phenoxy) is 1. The summed E-state index contributed by atoms with van der Waals surface area (Å²) in [4.78, 5) is 15.8. The molecule has 3 unspecified atom stereocenters. The molecule has 1 fully saturated rings. The first kappa shape index (κ1) is 13.9. The molecule has 0 bridgehead atoms. The van der Waals surface area contributed by atoms with Crippen LogP contribution in [0.25, 0.3) is 0 Å². The summed E-state index contributed by atoms with van der Waals surface area (Å²) in [5, 5.41) is 12.5. The molecule has 5 nitrogen and oxygen atoms in total. The van der Waals surface area contributed by atoms with E-state index in [0.29, 0.717) is 6.42 Å². The highest BCUT2D eigenvalue weighted by Gasteiger charge is 2.37. The molecule has 2 N–H and O–H groups in total. The van der Waals surface area contributed by atoms with Crippen LogP contribution in [0, 0.1) is 5.92 Å². The third kappa shape index (κ3) is 3.01. The number of carbonyl (C=O) groups is 1. The summed E-state index contributed by atoms with van der Waals surface area (Å²) in [6.07, 6.45) is 3.00. The van der Waals surface area contributed by atoms with Gasteiger partial charge in [0.2, 0.25) is 0 Å². The maximum atomic E-state index is 11.1. The lowest BCUT2D eigenvalue weighted by Gasteiger charge is -2.28. The Kier molecular flexibility index (Phi) is 3.82. The largest absolute Gasteiger partial charge is 0.497 e. The van der Waals surface area contributed by atoms with Crippen molar-refractivity contribution in [2.45, 2.75) is 37.8 Å². The Labute approximate surface area is 124 Å². The molecule has 1 aliphatic heterocycles. The highest BCUT2D eigenvalue weighted by atomic mass is 16.5. The average molecular weight is 288 g/mol. The number of hydrogen-bond acceptors (Lipinski definition) is 4. The molecule has 1 saturated carbocycles. The Morgan fingerprint density at radius 1 is 1.48 bits per heavy atom. The number of benzene rings is 1. The summed E-state index contributed by atoms with van der Waals surface area (Å²) in [5.74, 6) is 0.889. The van der Waals surface area contributed by atoms with Crippen LogP contribution >= 0.6 is 0 Å². The molecule has 112 valence electrons. The second kappa shape index (κ2) is 5.76. The highest BCUT2D eigenvalue weighted by Crippen LogP contribution is 2.30. The lowest BCUT2D eigenvalue weighted by molar-refractivity contribution is -0.143. The van der Waals surface area contributed by atoms with Crippen LogP contribution in [0.2, 0.25) is 0 Å². The van der Waals surface area contributed by atoms with Gasteiger partial charge in [-0.2, -0.15) is 0 Å². The normalized spacial score (nSPS) is 27.5. The van der Waals surface area contributed by atoms with E-state index in [1.807, 2.05) is 18.2 Å². The second-order valence-corrected chi connectivity index (χ2v) is 5.77. The van der Waals surface area contributed by atoms with E-state index >= 15 is 0 Å². The predicted molar refractivity (Wildman–Crippen MR) is 79.8 cm³/mol. The molecule has 0 radical (unpaired) electrons. The summed E-state index contributed by atoms with van der Waals surface area (Å²) >= 11 is 0. The molecule has 1 aromatic carbocycles. The van der Waals surface area contributed by atoms with Crippen molar-refractivity contribution >= 4 is 11.8 Å². The maximum absolute atomic E-state index is 11.1. The summed E-state index contributed by atoms with van der Waals surface area (Å²) < 4.78 is 5.23. The molecule has 1 aromatic rings. The Hall–Kier alpha value is -2.04. The Morgan fingerprint density at radius 3 is 3.10 bits per heavy atom. The van der Waals surface area contributed by atoms with Gasteiger partial charge in [0.25, 0.3) is 0 Å². The van der Waals surface area contributed by atoms with Gasteiger partial charge < -0.3 is 15.2 Å². The molecule has 1 heterocycles. The Morgan fingerprint density at radius 2 is 2.33 bits per heavy atom. The van der Waals surface area contributed by atoms with E-state index in [9.17, 15) is 4.79 Å². The minimum atomic E-state index is -0.684. The molecule has 21 heavy (non-hydrogen) atoms. The lowest BCUT2D eigenvalue weighted by atomic mass is 9.83. The molecule has 1 aliphatic carbocycles. The van der Waals surface area contributed by atoms with E-state index < -0.39 is 5.97 Å². The SMILES string of the molecule is COc1cccc(CC2=NC3CCC(C(=O)O)CC3N2)c1. The molecule has 3 atom stereocenters. The second-order valence-electron chi connectivity index (χ2n) is 5.77. The highest BCUT2D eigenvalue weighted by molar-refractivity contribution is 5.87.